The Kier molecular flexibility index (Phi) is 10.4. The van der Waals surface area contributed by atoms with Gasteiger partial charge in [0.1, 0.15) is 17.5 Å². The van der Waals surface area contributed by atoms with Crippen LogP contribution in [0.25, 0.3) is 0 Å². The summed E-state index contributed by atoms with van der Waals surface area (Å²) in [4.78, 5) is 41.7. The minimum atomic E-state index is -1.57. The first-order chi connectivity index (χ1) is 24.1. The number of pyridine rings is 3. The number of Topliss-reactive ketones (excluding diaryl/α,β-unsaturated/α-hetero) is 2. The minimum absolute atomic E-state index is 0.0819. The molecular weight excluding hydrogens is 721 g/mol. The molecule has 3 aromatic heterocycles. The van der Waals surface area contributed by atoms with E-state index in [1.54, 1.807) is 12.1 Å². The molecule has 9 heterocycles. The lowest BCUT2D eigenvalue weighted by atomic mass is 9.95. The number of carbonyl (C=O) groups is 2. The SMILES string of the molecule is O=C1CC2COCCN2c2cc(Cl)cnc21.O=C1c2ncc(Cl)cc2N2CCOCC2C1F.OC1c2ncc(Cl)cc2N2CCOCC2C1F. The molecule has 6 aliphatic heterocycles. The molecule has 6 atom stereocenters. The maximum absolute atomic E-state index is 14.0. The lowest BCUT2D eigenvalue weighted by Crippen LogP contribution is -2.56. The normalized spacial score (nSPS) is 27.9. The zero-order valence-corrected chi connectivity index (χ0v) is 28.8. The summed E-state index contributed by atoms with van der Waals surface area (Å²) < 4.78 is 43.9. The number of ketones is 2. The molecule has 50 heavy (non-hydrogen) atoms. The number of fused-ring (bicyclic) bond motifs is 9. The number of hydrogen-bond acceptors (Lipinski definition) is 12. The first kappa shape index (κ1) is 35.2. The van der Waals surface area contributed by atoms with Crippen LogP contribution in [0, 0.1) is 0 Å². The molecule has 0 amide bonds. The van der Waals surface area contributed by atoms with Gasteiger partial charge in [0.05, 0.1) is 95.6 Å². The molecule has 1 N–H and O–H groups in total. The smallest absolute Gasteiger partial charge is 0.219 e. The maximum atomic E-state index is 14.0. The quantitative estimate of drug-likeness (QED) is 0.351. The highest BCUT2D eigenvalue weighted by Gasteiger charge is 2.44. The van der Waals surface area contributed by atoms with Crippen molar-refractivity contribution in [2.45, 2.75) is 43.0 Å². The van der Waals surface area contributed by atoms with E-state index >= 15 is 0 Å². The summed E-state index contributed by atoms with van der Waals surface area (Å²) in [6.07, 6.45) is 0.655. The Morgan fingerprint density at radius 3 is 1.90 bits per heavy atom. The molecule has 0 aliphatic carbocycles. The van der Waals surface area contributed by atoms with Gasteiger partial charge < -0.3 is 34.0 Å². The number of alkyl halides is 2. The minimum Gasteiger partial charge on any atom is -0.384 e. The Morgan fingerprint density at radius 2 is 1.22 bits per heavy atom. The van der Waals surface area contributed by atoms with E-state index in [1.165, 1.54) is 18.6 Å². The van der Waals surface area contributed by atoms with Gasteiger partial charge in [-0.15, -0.1) is 0 Å². The number of carbonyl (C=O) groups excluding carboxylic acids is 2. The molecule has 6 aliphatic rings. The molecule has 3 fully saturated rings. The average molecular weight is 754 g/mol. The second kappa shape index (κ2) is 14.8. The van der Waals surface area contributed by atoms with Crippen molar-refractivity contribution >= 4 is 63.4 Å². The molecule has 9 rings (SSSR count). The van der Waals surface area contributed by atoms with Crippen LogP contribution < -0.4 is 14.7 Å². The van der Waals surface area contributed by atoms with Crippen LogP contribution >= 0.6 is 34.8 Å². The van der Waals surface area contributed by atoms with Crippen molar-refractivity contribution in [1.29, 1.82) is 0 Å². The van der Waals surface area contributed by atoms with E-state index in [4.69, 9.17) is 49.0 Å². The molecule has 0 saturated carbocycles. The summed E-state index contributed by atoms with van der Waals surface area (Å²) >= 11 is 17.7. The van der Waals surface area contributed by atoms with Gasteiger partial charge in [0.2, 0.25) is 5.78 Å². The Hall–Kier alpha value is -3.24. The zero-order valence-electron chi connectivity index (χ0n) is 26.6. The van der Waals surface area contributed by atoms with Crippen molar-refractivity contribution < 1.29 is 37.7 Å². The second-order valence-electron chi connectivity index (χ2n) is 12.5. The highest BCUT2D eigenvalue weighted by Crippen LogP contribution is 2.40. The van der Waals surface area contributed by atoms with Crippen LogP contribution in [0.5, 0.6) is 0 Å². The van der Waals surface area contributed by atoms with Crippen molar-refractivity contribution in [2.75, 3.05) is 74.0 Å². The molecule has 0 radical (unpaired) electrons. The van der Waals surface area contributed by atoms with Crippen molar-refractivity contribution in [1.82, 2.24) is 15.0 Å². The van der Waals surface area contributed by atoms with Gasteiger partial charge in [-0.05, 0) is 18.2 Å². The fraction of sp³-hybridized carbons (Fsp3) is 0.485. The molecule has 0 aromatic carbocycles. The van der Waals surface area contributed by atoms with E-state index in [9.17, 15) is 23.5 Å². The fourth-order valence-corrected chi connectivity index (χ4v) is 7.52. The van der Waals surface area contributed by atoms with Crippen molar-refractivity contribution in [3.8, 4) is 0 Å². The van der Waals surface area contributed by atoms with Gasteiger partial charge in [0.25, 0.3) is 0 Å². The predicted molar refractivity (Wildman–Crippen MR) is 182 cm³/mol. The monoisotopic (exact) mass is 752 g/mol. The predicted octanol–water partition coefficient (Wildman–Crippen LogP) is 4.33. The fourth-order valence-electron chi connectivity index (χ4n) is 7.07. The van der Waals surface area contributed by atoms with Crippen LogP contribution in [0.1, 0.15) is 39.2 Å². The number of anilines is 3. The molecule has 266 valence electrons. The Bertz CT molecular complexity index is 1780. The number of ether oxygens (including phenoxy) is 3. The van der Waals surface area contributed by atoms with E-state index in [1.807, 2.05) is 15.9 Å². The molecular formula is C33H33Cl3F2N6O6. The van der Waals surface area contributed by atoms with Gasteiger partial charge in [-0.3, -0.25) is 14.6 Å². The van der Waals surface area contributed by atoms with Crippen LogP contribution in [-0.4, -0.2) is 121 Å². The van der Waals surface area contributed by atoms with E-state index in [0.717, 1.165) is 12.2 Å². The van der Waals surface area contributed by atoms with Crippen LogP contribution in [0.3, 0.4) is 0 Å². The van der Waals surface area contributed by atoms with Crippen molar-refractivity contribution in [3.05, 3.63) is 68.9 Å². The summed E-state index contributed by atoms with van der Waals surface area (Å²) in [7, 11) is 0. The van der Waals surface area contributed by atoms with Crippen LogP contribution in [0.4, 0.5) is 25.8 Å². The van der Waals surface area contributed by atoms with Crippen LogP contribution in [0.15, 0.2) is 36.8 Å². The summed E-state index contributed by atoms with van der Waals surface area (Å²) in [5, 5.41) is 11.4. The summed E-state index contributed by atoms with van der Waals surface area (Å²) in [6.45, 7) is 4.80. The van der Waals surface area contributed by atoms with Gasteiger partial charge in [-0.2, -0.15) is 0 Å². The number of morpholine rings is 3. The highest BCUT2D eigenvalue weighted by atomic mass is 35.5. The zero-order chi connectivity index (χ0) is 35.1. The number of aliphatic hydroxyl groups excluding tert-OH is 1. The molecule has 0 bridgehead atoms. The first-order valence-corrected chi connectivity index (χ1v) is 17.3. The molecule has 3 saturated heterocycles. The number of aliphatic hydroxyl groups is 1. The van der Waals surface area contributed by atoms with Crippen molar-refractivity contribution in [3.63, 3.8) is 0 Å². The van der Waals surface area contributed by atoms with Gasteiger partial charge in [-0.1, -0.05) is 34.8 Å². The number of rotatable bonds is 0. The summed E-state index contributed by atoms with van der Waals surface area (Å²) in [6, 6.07) is 4.34. The third-order valence-corrected chi connectivity index (χ3v) is 10.1. The lowest BCUT2D eigenvalue weighted by molar-refractivity contribution is 0.000242. The largest absolute Gasteiger partial charge is 0.384 e. The van der Waals surface area contributed by atoms with Gasteiger partial charge >= 0.3 is 0 Å². The highest BCUT2D eigenvalue weighted by molar-refractivity contribution is 6.31. The molecule has 17 heteroatoms. The molecule has 0 spiro atoms. The number of aromatic nitrogens is 3. The van der Waals surface area contributed by atoms with E-state index < -0.39 is 36.3 Å². The lowest BCUT2D eigenvalue weighted by Gasteiger charge is -2.44. The molecule has 12 nitrogen and oxygen atoms in total. The number of halogens is 5. The third kappa shape index (κ3) is 6.74. The molecule has 3 aromatic rings. The summed E-state index contributed by atoms with van der Waals surface area (Å²) in [5.74, 6) is -0.498. The first-order valence-electron chi connectivity index (χ1n) is 16.2. The molecule has 6 unspecified atom stereocenters. The Morgan fingerprint density at radius 1 is 0.700 bits per heavy atom. The van der Waals surface area contributed by atoms with Crippen molar-refractivity contribution in [2.24, 2.45) is 0 Å². The maximum Gasteiger partial charge on any atom is 0.219 e. The summed E-state index contributed by atoms with van der Waals surface area (Å²) in [5.41, 5.74) is 3.26. The topological polar surface area (TPSA) is 130 Å². The average Bonchev–Trinajstić information content (AvgIpc) is 3.13. The van der Waals surface area contributed by atoms with Gasteiger partial charge in [0.15, 0.2) is 18.1 Å². The Balaban J connectivity index is 0.000000118. The van der Waals surface area contributed by atoms with E-state index in [-0.39, 0.29) is 30.7 Å². The van der Waals surface area contributed by atoms with Gasteiger partial charge in [0, 0.05) is 44.6 Å². The van der Waals surface area contributed by atoms with E-state index in [2.05, 4.69) is 19.9 Å². The van der Waals surface area contributed by atoms with E-state index in [0.29, 0.717) is 83.8 Å². The standard InChI is InChI=1S/C11H12ClFN2O2.C11H10ClFN2O2.C11H11ClN2O2/c2*12-6-3-7-10(14-4-6)11(16)9(13)8-5-17-2-1-15(7)8;12-7-3-9-11(13-5-7)10(15)4-8-6-16-2-1-14(8)9/h3-4,8-9,11,16H,1-2,5H2;3-4,8-9H,1-2,5H2;3,5,8H,1-2,4,6H2. The van der Waals surface area contributed by atoms with Crippen LogP contribution in [0.2, 0.25) is 15.1 Å². The van der Waals surface area contributed by atoms with Crippen LogP contribution in [-0.2, 0) is 14.2 Å². The number of hydrogen-bond donors (Lipinski definition) is 1. The number of nitrogens with zero attached hydrogens (tertiary/aromatic N) is 6. The second-order valence-corrected chi connectivity index (χ2v) is 13.8. The van der Waals surface area contributed by atoms with Gasteiger partial charge in [-0.25, -0.2) is 18.7 Å². The Labute approximate surface area is 301 Å². The third-order valence-electron chi connectivity index (χ3n) is 9.48.